The lowest BCUT2D eigenvalue weighted by Gasteiger charge is -2.36. The number of non-ortho nitro benzene ring substituents is 1. The molecule has 14 nitrogen and oxygen atoms in total. The zero-order valence-corrected chi connectivity index (χ0v) is 21.9. The number of amides is 5. The normalized spacial score (nSPS) is 18.5. The Morgan fingerprint density at radius 2 is 1.76 bits per heavy atom. The number of fused-ring (bicyclic) bond motifs is 1. The minimum absolute atomic E-state index is 0.00239. The van der Waals surface area contributed by atoms with Crippen LogP contribution in [0.15, 0.2) is 36.4 Å². The Kier molecular flexibility index (Phi) is 7.26. The van der Waals surface area contributed by atoms with E-state index >= 15 is 4.39 Å². The molecule has 0 bridgehead atoms. The Bertz CT molecular complexity index is 1470. The second kappa shape index (κ2) is 10.8. The van der Waals surface area contributed by atoms with Crippen LogP contribution in [0.2, 0.25) is 0 Å². The molecule has 0 unspecified atom stereocenters. The molecule has 1 atom stereocenters. The van der Waals surface area contributed by atoms with E-state index in [4.69, 9.17) is 4.74 Å². The van der Waals surface area contributed by atoms with Crippen LogP contribution in [0.1, 0.15) is 27.6 Å². The van der Waals surface area contributed by atoms with Gasteiger partial charge < -0.3 is 19.9 Å². The van der Waals surface area contributed by atoms with E-state index < -0.39 is 47.2 Å². The van der Waals surface area contributed by atoms with Gasteiger partial charge in [-0.1, -0.05) is 0 Å². The Morgan fingerprint density at radius 1 is 1.05 bits per heavy atom. The molecule has 0 spiro atoms. The lowest BCUT2D eigenvalue weighted by molar-refractivity contribution is -0.384. The molecule has 1 N–H and O–H groups in total. The predicted molar refractivity (Wildman–Crippen MR) is 140 cm³/mol. The second-order valence-electron chi connectivity index (χ2n) is 9.74. The van der Waals surface area contributed by atoms with Crippen molar-refractivity contribution in [2.75, 3.05) is 55.6 Å². The van der Waals surface area contributed by atoms with Crippen molar-refractivity contribution in [2.24, 2.45) is 0 Å². The van der Waals surface area contributed by atoms with E-state index in [1.807, 2.05) is 0 Å². The number of cyclic esters (lactones) is 1. The number of nitrogens with one attached hydrogen (secondary N) is 1. The minimum atomic E-state index is -0.772. The quantitative estimate of drug-likeness (QED) is 0.293. The van der Waals surface area contributed by atoms with Crippen molar-refractivity contribution < 1.29 is 38.0 Å². The summed E-state index contributed by atoms with van der Waals surface area (Å²) in [6.45, 7) is 2.11. The Morgan fingerprint density at radius 3 is 2.41 bits per heavy atom. The highest BCUT2D eigenvalue weighted by molar-refractivity contribution is 6.22. The summed E-state index contributed by atoms with van der Waals surface area (Å²) in [5.74, 6) is -2.77. The Labute approximate surface area is 232 Å². The van der Waals surface area contributed by atoms with Crippen LogP contribution < -0.4 is 15.1 Å². The van der Waals surface area contributed by atoms with E-state index in [0.29, 0.717) is 5.69 Å². The lowest BCUT2D eigenvalue weighted by Crippen LogP contribution is -2.52. The zero-order valence-electron chi connectivity index (χ0n) is 21.9. The molecule has 0 aromatic heterocycles. The summed E-state index contributed by atoms with van der Waals surface area (Å²) in [4.78, 5) is 77.3. The molecule has 3 heterocycles. The van der Waals surface area contributed by atoms with Crippen LogP contribution in [-0.2, 0) is 14.3 Å². The maximum atomic E-state index is 15.1. The molecule has 3 aliphatic heterocycles. The third-order valence-electron chi connectivity index (χ3n) is 7.13. The molecule has 0 saturated carbocycles. The number of carbonyl (C=O) groups is 5. The number of carbonyl (C=O) groups excluding carboxylic acids is 5. The molecule has 3 aliphatic rings. The fourth-order valence-electron chi connectivity index (χ4n) is 4.98. The van der Waals surface area contributed by atoms with E-state index in [2.05, 4.69) is 5.32 Å². The summed E-state index contributed by atoms with van der Waals surface area (Å²) < 4.78 is 20.3. The van der Waals surface area contributed by atoms with Gasteiger partial charge in [-0.05, 0) is 24.3 Å². The molecule has 2 aromatic carbocycles. The van der Waals surface area contributed by atoms with Crippen molar-refractivity contribution in [2.45, 2.75) is 13.0 Å². The van der Waals surface area contributed by atoms with Crippen LogP contribution in [0, 0.1) is 15.9 Å². The van der Waals surface area contributed by atoms with Gasteiger partial charge in [0, 0.05) is 45.2 Å². The van der Waals surface area contributed by atoms with E-state index in [1.54, 1.807) is 11.0 Å². The molecule has 0 aliphatic carbocycles. The third kappa shape index (κ3) is 5.37. The number of anilines is 2. The van der Waals surface area contributed by atoms with Crippen LogP contribution in [0.25, 0.3) is 0 Å². The summed E-state index contributed by atoms with van der Waals surface area (Å²) in [5.41, 5.74) is 0.140. The smallest absolute Gasteiger partial charge is 0.414 e. The zero-order chi connectivity index (χ0) is 29.4. The van der Waals surface area contributed by atoms with Gasteiger partial charge in [-0.25, -0.2) is 9.18 Å². The number of rotatable bonds is 7. The van der Waals surface area contributed by atoms with Gasteiger partial charge in [-0.3, -0.25) is 39.1 Å². The molecule has 41 heavy (non-hydrogen) atoms. The first-order valence-corrected chi connectivity index (χ1v) is 12.7. The molecule has 15 heteroatoms. The van der Waals surface area contributed by atoms with Crippen molar-refractivity contribution in [1.29, 1.82) is 0 Å². The standard InChI is InChI=1S/C26H25FN6O8/c1-15(34)28-12-18-13-31(26(38)41-18)16-3-5-22(21(27)11-16)29-6-8-30(9-7-29)23(35)14-32-24(36)19-4-2-17(33(39)40)10-20(19)25(32)37/h2-5,10-11,18H,6-9,12-14H2,1H3,(H,28,34)/t18-/m0/s1. The summed E-state index contributed by atoms with van der Waals surface area (Å²) in [6.07, 6.45) is -1.20. The van der Waals surface area contributed by atoms with Gasteiger partial charge >= 0.3 is 6.09 Å². The molecule has 214 valence electrons. The maximum Gasteiger partial charge on any atom is 0.414 e. The Balaban J connectivity index is 1.17. The highest BCUT2D eigenvalue weighted by Crippen LogP contribution is 2.29. The topological polar surface area (TPSA) is 163 Å². The molecular formula is C26H25FN6O8. The number of piperazine rings is 1. The van der Waals surface area contributed by atoms with Gasteiger partial charge in [0.05, 0.1) is 40.5 Å². The number of benzene rings is 2. The van der Waals surface area contributed by atoms with Crippen molar-refractivity contribution in [3.63, 3.8) is 0 Å². The van der Waals surface area contributed by atoms with E-state index in [0.717, 1.165) is 17.0 Å². The Hall–Kier alpha value is -5.08. The fraction of sp³-hybridized carbons (Fsp3) is 0.346. The predicted octanol–water partition coefficient (Wildman–Crippen LogP) is 1.14. The number of nitro benzene ring substituents is 1. The van der Waals surface area contributed by atoms with Gasteiger partial charge in [0.15, 0.2) is 0 Å². The molecule has 2 saturated heterocycles. The van der Waals surface area contributed by atoms with Crippen LogP contribution >= 0.6 is 0 Å². The fourth-order valence-corrected chi connectivity index (χ4v) is 4.98. The average Bonchev–Trinajstić information content (AvgIpc) is 3.44. The number of ether oxygens (including phenoxy) is 1. The third-order valence-corrected chi connectivity index (χ3v) is 7.13. The summed E-state index contributed by atoms with van der Waals surface area (Å²) in [5, 5.41) is 13.6. The summed E-state index contributed by atoms with van der Waals surface area (Å²) in [7, 11) is 0. The van der Waals surface area contributed by atoms with Crippen LogP contribution in [-0.4, -0.2) is 96.4 Å². The van der Waals surface area contributed by atoms with Gasteiger partial charge in [0.2, 0.25) is 11.8 Å². The summed E-state index contributed by atoms with van der Waals surface area (Å²) in [6, 6.07) is 7.70. The molecule has 5 amide bonds. The number of halogens is 1. The van der Waals surface area contributed by atoms with E-state index in [-0.39, 0.29) is 67.7 Å². The first kappa shape index (κ1) is 27.5. The van der Waals surface area contributed by atoms with Crippen molar-refractivity contribution in [3.05, 3.63) is 63.5 Å². The largest absolute Gasteiger partial charge is 0.442 e. The monoisotopic (exact) mass is 568 g/mol. The van der Waals surface area contributed by atoms with Crippen molar-refractivity contribution in [3.8, 4) is 0 Å². The molecule has 0 radical (unpaired) electrons. The maximum absolute atomic E-state index is 15.1. The molecular weight excluding hydrogens is 543 g/mol. The number of imide groups is 1. The number of nitrogens with zero attached hydrogens (tertiary/aromatic N) is 5. The molecule has 2 fully saturated rings. The van der Waals surface area contributed by atoms with Gasteiger partial charge in [-0.2, -0.15) is 0 Å². The van der Waals surface area contributed by atoms with Crippen molar-refractivity contribution >= 4 is 46.8 Å². The van der Waals surface area contributed by atoms with Gasteiger partial charge in [-0.15, -0.1) is 0 Å². The highest BCUT2D eigenvalue weighted by atomic mass is 19.1. The minimum Gasteiger partial charge on any atom is -0.442 e. The van der Waals surface area contributed by atoms with Gasteiger partial charge in [0.25, 0.3) is 17.5 Å². The molecule has 5 rings (SSSR count). The first-order chi connectivity index (χ1) is 19.5. The van der Waals surface area contributed by atoms with Crippen LogP contribution in [0.4, 0.5) is 26.2 Å². The number of nitro groups is 1. The highest BCUT2D eigenvalue weighted by Gasteiger charge is 2.39. The SMILES string of the molecule is CC(=O)NC[C@H]1CN(c2ccc(N3CCN(C(=O)CN4C(=O)c5ccc([N+](=O)[O-])cc5C4=O)CC3)c(F)c2)C(=O)O1. The summed E-state index contributed by atoms with van der Waals surface area (Å²) >= 11 is 0. The number of hydrogen-bond acceptors (Lipinski definition) is 9. The van der Waals surface area contributed by atoms with Crippen LogP contribution in [0.3, 0.4) is 0 Å². The number of hydrogen-bond donors (Lipinski definition) is 1. The van der Waals surface area contributed by atoms with E-state index in [9.17, 15) is 34.1 Å². The second-order valence-corrected chi connectivity index (χ2v) is 9.74. The molecule has 2 aromatic rings. The average molecular weight is 569 g/mol. The van der Waals surface area contributed by atoms with E-state index in [1.165, 1.54) is 34.9 Å². The first-order valence-electron chi connectivity index (χ1n) is 12.7. The lowest BCUT2D eigenvalue weighted by atomic mass is 10.1. The van der Waals surface area contributed by atoms with Crippen LogP contribution in [0.5, 0.6) is 0 Å². The van der Waals surface area contributed by atoms with Gasteiger partial charge in [0.1, 0.15) is 18.5 Å². The van der Waals surface area contributed by atoms with Crippen molar-refractivity contribution in [1.82, 2.24) is 15.1 Å².